The first kappa shape index (κ1) is 25.2. The van der Waals surface area contributed by atoms with Crippen molar-refractivity contribution in [3.8, 4) is 17.2 Å². The van der Waals surface area contributed by atoms with Crippen LogP contribution >= 0.6 is 0 Å². The molecule has 5 nitrogen and oxygen atoms in total. The summed E-state index contributed by atoms with van der Waals surface area (Å²) in [7, 11) is 0. The molecule has 1 unspecified atom stereocenters. The molecule has 4 rings (SSSR count). The Kier molecular flexibility index (Phi) is 7.75. The lowest BCUT2D eigenvalue weighted by atomic mass is 9.96. The van der Waals surface area contributed by atoms with E-state index in [-0.39, 0.29) is 24.3 Å². The van der Waals surface area contributed by atoms with E-state index < -0.39 is 17.2 Å². The van der Waals surface area contributed by atoms with Gasteiger partial charge in [-0.25, -0.2) is 0 Å². The lowest BCUT2D eigenvalue weighted by Crippen LogP contribution is -2.26. The maximum Gasteiger partial charge on any atom is 0.316 e. The van der Waals surface area contributed by atoms with Crippen LogP contribution in [0.5, 0.6) is 17.2 Å². The minimum Gasteiger partial charge on any atom is -0.489 e. The van der Waals surface area contributed by atoms with Crippen LogP contribution in [0.15, 0.2) is 42.5 Å². The van der Waals surface area contributed by atoms with Gasteiger partial charge in [0.25, 0.3) is 0 Å². The lowest BCUT2D eigenvalue weighted by molar-refractivity contribution is -0.143. The van der Waals surface area contributed by atoms with Crippen LogP contribution in [0.4, 0.5) is 8.78 Å². The fraction of sp³-hybridized carbons (Fsp3) is 0.464. The normalized spacial score (nSPS) is 18.3. The third-order valence-corrected chi connectivity index (χ3v) is 6.18. The van der Waals surface area contributed by atoms with Crippen LogP contribution in [0.2, 0.25) is 0 Å². The Morgan fingerprint density at radius 1 is 1.17 bits per heavy atom. The standard InChI is InChI=1S/C28H33F2NO4/c1-28(2,3)27(32)35-24-12-11-23-22(6-4-17-33-26(23)25(24)30)19-7-9-20(10-8-19)34-21-13-16-31(18-21)15-5-14-29/h6-12,21H,4-5,13-18H2,1-3H3. The van der Waals surface area contributed by atoms with Crippen molar-refractivity contribution in [3.05, 3.63) is 59.4 Å². The van der Waals surface area contributed by atoms with Crippen LogP contribution in [0.3, 0.4) is 0 Å². The predicted octanol–water partition coefficient (Wildman–Crippen LogP) is 5.80. The summed E-state index contributed by atoms with van der Waals surface area (Å²) < 4.78 is 44.9. The zero-order chi connectivity index (χ0) is 25.0. The topological polar surface area (TPSA) is 48.0 Å². The molecule has 0 aliphatic carbocycles. The molecule has 7 heteroatoms. The number of esters is 1. The molecule has 0 amide bonds. The fourth-order valence-corrected chi connectivity index (χ4v) is 4.26. The molecule has 2 aliphatic rings. The van der Waals surface area contributed by atoms with Crippen LogP contribution in [0.25, 0.3) is 5.57 Å². The van der Waals surface area contributed by atoms with E-state index in [1.54, 1.807) is 26.8 Å². The second-order valence-corrected chi connectivity index (χ2v) is 10.0. The van der Waals surface area contributed by atoms with E-state index in [0.29, 0.717) is 25.0 Å². The van der Waals surface area contributed by atoms with Crippen LogP contribution in [0.1, 0.15) is 51.2 Å². The van der Waals surface area contributed by atoms with Gasteiger partial charge in [-0.2, -0.15) is 4.39 Å². The molecule has 1 fully saturated rings. The molecule has 2 aromatic carbocycles. The second kappa shape index (κ2) is 10.8. The SMILES string of the molecule is CC(C)(C)C(=O)Oc1ccc2c(c1F)OCCC=C2c1ccc(OC2CCN(CCCF)C2)cc1. The molecule has 0 aromatic heterocycles. The summed E-state index contributed by atoms with van der Waals surface area (Å²) in [6.07, 6.45) is 4.22. The highest BCUT2D eigenvalue weighted by molar-refractivity contribution is 5.84. The van der Waals surface area contributed by atoms with Gasteiger partial charge < -0.3 is 14.2 Å². The number of alkyl halides is 1. The molecule has 35 heavy (non-hydrogen) atoms. The average molecular weight is 486 g/mol. The van der Waals surface area contributed by atoms with E-state index in [0.717, 1.165) is 42.9 Å². The summed E-state index contributed by atoms with van der Waals surface area (Å²) in [5, 5.41) is 0. The van der Waals surface area contributed by atoms with Crippen LogP contribution in [-0.4, -0.2) is 49.9 Å². The number of carbonyl (C=O) groups excluding carboxylic acids is 1. The Balaban J connectivity index is 1.49. The van der Waals surface area contributed by atoms with Crippen LogP contribution < -0.4 is 14.2 Å². The summed E-state index contributed by atoms with van der Waals surface area (Å²) in [6, 6.07) is 11.0. The third kappa shape index (κ3) is 6.01. The van der Waals surface area contributed by atoms with E-state index in [1.165, 1.54) is 6.07 Å². The first-order chi connectivity index (χ1) is 16.8. The third-order valence-electron chi connectivity index (χ3n) is 6.18. The van der Waals surface area contributed by atoms with E-state index in [1.807, 2.05) is 30.3 Å². The highest BCUT2D eigenvalue weighted by atomic mass is 19.1. The number of carbonyl (C=O) groups is 1. The van der Waals surface area contributed by atoms with E-state index >= 15 is 4.39 Å². The Labute approximate surface area is 205 Å². The van der Waals surface area contributed by atoms with Crippen LogP contribution in [-0.2, 0) is 4.79 Å². The summed E-state index contributed by atoms with van der Waals surface area (Å²) in [5.41, 5.74) is 1.64. The van der Waals surface area contributed by atoms with E-state index in [9.17, 15) is 9.18 Å². The number of hydrogen-bond donors (Lipinski definition) is 0. The van der Waals surface area contributed by atoms with Crippen molar-refractivity contribution in [1.29, 1.82) is 0 Å². The Hall–Kier alpha value is -2.93. The summed E-state index contributed by atoms with van der Waals surface area (Å²) in [6.45, 7) is 7.68. The number of halogens is 2. The van der Waals surface area contributed by atoms with Crippen molar-refractivity contribution in [3.63, 3.8) is 0 Å². The van der Waals surface area contributed by atoms with Gasteiger partial charge in [0.05, 0.1) is 18.7 Å². The molecule has 0 N–H and O–H groups in total. The Morgan fingerprint density at radius 2 is 1.94 bits per heavy atom. The van der Waals surface area contributed by atoms with Gasteiger partial charge in [0.15, 0.2) is 11.5 Å². The summed E-state index contributed by atoms with van der Waals surface area (Å²) in [5.74, 6) is -0.457. The Morgan fingerprint density at radius 3 is 2.66 bits per heavy atom. The molecule has 1 saturated heterocycles. The maximum atomic E-state index is 15.3. The van der Waals surface area contributed by atoms with Crippen LogP contribution in [0, 0.1) is 11.2 Å². The molecule has 1 atom stereocenters. The largest absolute Gasteiger partial charge is 0.489 e. The first-order valence-corrected chi connectivity index (χ1v) is 12.2. The van der Waals surface area contributed by atoms with Gasteiger partial charge in [-0.15, -0.1) is 0 Å². The highest BCUT2D eigenvalue weighted by Crippen LogP contribution is 2.40. The number of likely N-dealkylation sites (tertiary alicyclic amines) is 1. The van der Waals surface area contributed by atoms with Gasteiger partial charge in [0, 0.05) is 31.6 Å². The van der Waals surface area contributed by atoms with Crippen molar-refractivity contribution in [2.75, 3.05) is 32.9 Å². The molecule has 188 valence electrons. The van der Waals surface area contributed by atoms with Gasteiger partial charge in [-0.3, -0.25) is 14.1 Å². The minimum atomic E-state index is -0.750. The quantitative estimate of drug-likeness (QED) is 0.366. The zero-order valence-corrected chi connectivity index (χ0v) is 20.6. The predicted molar refractivity (Wildman–Crippen MR) is 131 cm³/mol. The smallest absolute Gasteiger partial charge is 0.316 e. The number of benzene rings is 2. The number of rotatable bonds is 7. The maximum absolute atomic E-state index is 15.3. The number of fused-ring (bicyclic) bond motifs is 1. The van der Waals surface area contributed by atoms with E-state index in [2.05, 4.69) is 4.90 Å². The molecule has 0 radical (unpaired) electrons. The molecule has 2 heterocycles. The summed E-state index contributed by atoms with van der Waals surface area (Å²) >= 11 is 0. The minimum absolute atomic E-state index is 0.0904. The highest BCUT2D eigenvalue weighted by Gasteiger charge is 2.28. The van der Waals surface area contributed by atoms with Gasteiger partial charge in [-0.1, -0.05) is 18.2 Å². The number of ether oxygens (including phenoxy) is 3. The summed E-state index contributed by atoms with van der Waals surface area (Å²) in [4.78, 5) is 14.5. The van der Waals surface area contributed by atoms with Crippen molar-refractivity contribution in [1.82, 2.24) is 4.90 Å². The number of hydrogen-bond acceptors (Lipinski definition) is 5. The molecule has 0 spiro atoms. The zero-order valence-electron chi connectivity index (χ0n) is 20.6. The van der Waals surface area contributed by atoms with Gasteiger partial charge in [-0.05, 0) is 69.0 Å². The number of nitrogens with zero attached hydrogens (tertiary/aromatic N) is 1. The van der Waals surface area contributed by atoms with Gasteiger partial charge in [0.2, 0.25) is 5.82 Å². The molecule has 2 aliphatic heterocycles. The monoisotopic (exact) mass is 485 g/mol. The average Bonchev–Trinajstić information content (AvgIpc) is 3.15. The first-order valence-electron chi connectivity index (χ1n) is 12.2. The lowest BCUT2D eigenvalue weighted by Gasteiger charge is -2.19. The molecule has 2 aromatic rings. The van der Waals surface area contributed by atoms with Crippen molar-refractivity contribution in [2.24, 2.45) is 5.41 Å². The molecule has 0 saturated carbocycles. The van der Waals surface area contributed by atoms with Crippen molar-refractivity contribution >= 4 is 11.5 Å². The Bertz CT molecular complexity index is 1080. The second-order valence-electron chi connectivity index (χ2n) is 10.0. The van der Waals surface area contributed by atoms with Crippen molar-refractivity contribution in [2.45, 2.75) is 46.1 Å². The van der Waals surface area contributed by atoms with Gasteiger partial charge >= 0.3 is 5.97 Å². The van der Waals surface area contributed by atoms with E-state index in [4.69, 9.17) is 14.2 Å². The molecule has 0 bridgehead atoms. The molecular weight excluding hydrogens is 452 g/mol. The fourth-order valence-electron chi connectivity index (χ4n) is 4.26. The van der Waals surface area contributed by atoms with Crippen molar-refractivity contribution < 1.29 is 27.8 Å². The van der Waals surface area contributed by atoms with Gasteiger partial charge in [0.1, 0.15) is 11.9 Å². The molecular formula is C28H33F2NO4.